The van der Waals surface area contributed by atoms with Crippen molar-refractivity contribution in [2.75, 3.05) is 36.8 Å². The second-order valence-corrected chi connectivity index (χ2v) is 7.82. The topological polar surface area (TPSA) is 71.2 Å². The molecule has 0 radical (unpaired) electrons. The average Bonchev–Trinajstić information content (AvgIpc) is 2.79. The molecule has 2 N–H and O–H groups in total. The molecule has 3 heterocycles. The van der Waals surface area contributed by atoms with E-state index in [4.69, 9.17) is 10.7 Å². The van der Waals surface area contributed by atoms with Crippen LogP contribution in [0.1, 0.15) is 5.56 Å². The number of aromatic nitrogens is 3. The van der Waals surface area contributed by atoms with Crippen molar-refractivity contribution in [1.29, 1.82) is 0 Å². The quantitative estimate of drug-likeness (QED) is 0.513. The summed E-state index contributed by atoms with van der Waals surface area (Å²) in [5.41, 5.74) is 10.5. The van der Waals surface area contributed by atoms with E-state index in [9.17, 15) is 4.39 Å². The fourth-order valence-corrected chi connectivity index (χ4v) is 4.11. The highest BCUT2D eigenvalue weighted by atomic mass is 19.1. The predicted molar refractivity (Wildman–Crippen MR) is 121 cm³/mol. The van der Waals surface area contributed by atoms with Gasteiger partial charge in [0.2, 0.25) is 0 Å². The molecule has 7 heteroatoms. The Labute approximate surface area is 180 Å². The third kappa shape index (κ3) is 4.18. The summed E-state index contributed by atoms with van der Waals surface area (Å²) in [6, 6.07) is 14.7. The van der Waals surface area contributed by atoms with Crippen molar-refractivity contribution in [3.63, 3.8) is 0 Å². The molecule has 2 aromatic carbocycles. The fourth-order valence-electron chi connectivity index (χ4n) is 4.11. The molecule has 0 spiro atoms. The molecule has 1 saturated heterocycles. The summed E-state index contributed by atoms with van der Waals surface area (Å²) in [4.78, 5) is 17.8. The van der Waals surface area contributed by atoms with Gasteiger partial charge in [-0.2, -0.15) is 0 Å². The number of halogens is 1. The molecule has 0 amide bonds. The highest BCUT2D eigenvalue weighted by Gasteiger charge is 2.18. The second kappa shape index (κ2) is 8.28. The Morgan fingerprint density at radius 3 is 2.58 bits per heavy atom. The largest absolute Gasteiger partial charge is 0.399 e. The Morgan fingerprint density at radius 1 is 0.935 bits per heavy atom. The molecule has 0 unspecified atom stereocenters. The summed E-state index contributed by atoms with van der Waals surface area (Å²) in [6.45, 7) is 4.37. The number of benzene rings is 2. The van der Waals surface area contributed by atoms with Gasteiger partial charge in [-0.1, -0.05) is 12.1 Å². The third-order valence-electron chi connectivity index (χ3n) is 5.70. The number of nitrogens with zero attached hydrogens (tertiary/aromatic N) is 5. The lowest BCUT2D eigenvalue weighted by Gasteiger charge is -2.35. The minimum Gasteiger partial charge on any atom is -0.399 e. The van der Waals surface area contributed by atoms with Crippen molar-refractivity contribution in [2.24, 2.45) is 0 Å². The number of nitrogen functional groups attached to an aromatic ring is 1. The lowest BCUT2D eigenvalue weighted by Crippen LogP contribution is -2.46. The summed E-state index contributed by atoms with van der Waals surface area (Å²) in [7, 11) is 0. The van der Waals surface area contributed by atoms with Crippen molar-refractivity contribution in [1.82, 2.24) is 19.9 Å². The zero-order valence-corrected chi connectivity index (χ0v) is 17.1. The molecule has 156 valence electrons. The van der Waals surface area contributed by atoms with Crippen molar-refractivity contribution >= 4 is 22.4 Å². The van der Waals surface area contributed by atoms with Gasteiger partial charge in [0.25, 0.3) is 0 Å². The van der Waals surface area contributed by atoms with Crippen LogP contribution in [0.15, 0.2) is 67.3 Å². The number of hydrogen-bond donors (Lipinski definition) is 1. The van der Waals surface area contributed by atoms with Gasteiger partial charge in [0.15, 0.2) is 0 Å². The maximum absolute atomic E-state index is 13.4. The third-order valence-corrected chi connectivity index (χ3v) is 5.70. The molecule has 1 aliphatic rings. The number of hydrogen-bond acceptors (Lipinski definition) is 6. The van der Waals surface area contributed by atoms with Crippen molar-refractivity contribution in [3.8, 4) is 11.1 Å². The Balaban J connectivity index is 1.28. The summed E-state index contributed by atoms with van der Waals surface area (Å²) >= 11 is 0. The molecule has 5 rings (SSSR count). The van der Waals surface area contributed by atoms with Crippen LogP contribution in [0.3, 0.4) is 0 Å². The smallest absolute Gasteiger partial charge is 0.128 e. The van der Waals surface area contributed by atoms with Crippen LogP contribution in [-0.2, 0) is 6.54 Å². The lowest BCUT2D eigenvalue weighted by molar-refractivity contribution is 0.249. The van der Waals surface area contributed by atoms with Gasteiger partial charge in [0.05, 0.1) is 5.52 Å². The maximum atomic E-state index is 13.4. The molecular weight excluding hydrogens is 391 g/mol. The number of fused-ring (bicyclic) bond motifs is 1. The first-order valence-corrected chi connectivity index (χ1v) is 10.3. The van der Waals surface area contributed by atoms with E-state index in [0.717, 1.165) is 66.1 Å². The molecule has 1 aliphatic heterocycles. The molecule has 31 heavy (non-hydrogen) atoms. The van der Waals surface area contributed by atoms with E-state index in [1.807, 2.05) is 30.6 Å². The predicted octanol–water partition coefficient (Wildman–Crippen LogP) is 3.74. The molecular formula is C24H23FN6. The van der Waals surface area contributed by atoms with E-state index in [1.54, 1.807) is 12.1 Å². The molecule has 0 aliphatic carbocycles. The second-order valence-electron chi connectivity index (χ2n) is 7.82. The molecule has 4 aromatic rings. The first kappa shape index (κ1) is 19.4. The van der Waals surface area contributed by atoms with Crippen LogP contribution in [0, 0.1) is 5.82 Å². The molecule has 0 atom stereocenters. The van der Waals surface area contributed by atoms with Crippen LogP contribution in [0.2, 0.25) is 0 Å². The van der Waals surface area contributed by atoms with Crippen LogP contribution in [-0.4, -0.2) is 46.0 Å². The molecule has 6 nitrogen and oxygen atoms in total. The average molecular weight is 414 g/mol. The molecule has 0 bridgehead atoms. The Kier molecular flexibility index (Phi) is 5.18. The minimum atomic E-state index is -0.181. The summed E-state index contributed by atoms with van der Waals surface area (Å²) in [5, 5.41) is 0.956. The number of rotatable bonds is 4. The normalized spacial score (nSPS) is 14.8. The monoisotopic (exact) mass is 414 g/mol. The van der Waals surface area contributed by atoms with E-state index < -0.39 is 0 Å². The van der Waals surface area contributed by atoms with Crippen LogP contribution >= 0.6 is 0 Å². The maximum Gasteiger partial charge on any atom is 0.128 e. The van der Waals surface area contributed by atoms with Crippen LogP contribution in [0.25, 0.3) is 22.0 Å². The van der Waals surface area contributed by atoms with Crippen molar-refractivity contribution in [3.05, 3.63) is 78.6 Å². The number of piperazine rings is 1. The van der Waals surface area contributed by atoms with Gasteiger partial charge in [-0.3, -0.25) is 4.90 Å². The van der Waals surface area contributed by atoms with Crippen molar-refractivity contribution in [2.45, 2.75) is 6.54 Å². The Hall–Kier alpha value is -3.58. The molecule has 0 saturated carbocycles. The highest BCUT2D eigenvalue weighted by molar-refractivity contribution is 5.96. The zero-order valence-electron chi connectivity index (χ0n) is 17.1. The van der Waals surface area contributed by atoms with Gasteiger partial charge in [-0.15, -0.1) is 0 Å². The van der Waals surface area contributed by atoms with E-state index in [2.05, 4.69) is 31.9 Å². The Bertz CT molecular complexity index is 1200. The van der Waals surface area contributed by atoms with Gasteiger partial charge in [-0.25, -0.2) is 19.3 Å². The Morgan fingerprint density at radius 2 is 1.81 bits per heavy atom. The van der Waals surface area contributed by atoms with Gasteiger partial charge in [0, 0.05) is 61.8 Å². The van der Waals surface area contributed by atoms with Gasteiger partial charge < -0.3 is 10.6 Å². The summed E-state index contributed by atoms with van der Waals surface area (Å²) < 4.78 is 13.4. The van der Waals surface area contributed by atoms with E-state index in [-0.39, 0.29) is 5.82 Å². The van der Waals surface area contributed by atoms with Gasteiger partial charge in [-0.05, 0) is 47.5 Å². The van der Waals surface area contributed by atoms with Gasteiger partial charge in [0.1, 0.15) is 18.0 Å². The fraction of sp³-hybridized carbons (Fsp3) is 0.208. The van der Waals surface area contributed by atoms with E-state index >= 15 is 0 Å². The highest BCUT2D eigenvalue weighted by Crippen LogP contribution is 2.30. The zero-order chi connectivity index (χ0) is 21.2. The standard InChI is InChI=1S/C24H23FN6/c25-19-3-1-2-17(10-19)15-30-6-8-31(9-7-30)24-5-4-18(13-28-24)21-11-20(26)12-23-22(21)14-27-16-29-23/h1-5,10-14,16H,6-9,15,26H2. The SMILES string of the molecule is Nc1cc(-c2ccc(N3CCN(Cc4cccc(F)c4)CC3)nc2)c2cncnc2c1. The van der Waals surface area contributed by atoms with Crippen molar-refractivity contribution < 1.29 is 4.39 Å². The van der Waals surface area contributed by atoms with Crippen LogP contribution < -0.4 is 10.6 Å². The van der Waals surface area contributed by atoms with Crippen LogP contribution in [0.5, 0.6) is 0 Å². The minimum absolute atomic E-state index is 0.181. The molecule has 2 aromatic heterocycles. The molecule has 1 fully saturated rings. The van der Waals surface area contributed by atoms with E-state index in [1.165, 1.54) is 12.4 Å². The van der Waals surface area contributed by atoms with Crippen LogP contribution in [0.4, 0.5) is 15.9 Å². The summed E-state index contributed by atoms with van der Waals surface area (Å²) in [6.07, 6.45) is 5.22. The first-order valence-electron chi connectivity index (χ1n) is 10.3. The van der Waals surface area contributed by atoms with Gasteiger partial charge >= 0.3 is 0 Å². The number of pyridine rings is 1. The number of nitrogens with two attached hydrogens (primary N) is 1. The lowest BCUT2D eigenvalue weighted by atomic mass is 10.0. The number of anilines is 2. The van der Waals surface area contributed by atoms with E-state index in [0.29, 0.717) is 5.69 Å². The summed E-state index contributed by atoms with van der Waals surface area (Å²) in [5.74, 6) is 0.776. The first-order chi connectivity index (χ1) is 15.2.